The number of carbonyl (C=O) groups is 1. The number of nitriles is 1. The lowest BCUT2D eigenvalue weighted by Gasteiger charge is -2.28. The third kappa shape index (κ3) is 3.73. The van der Waals surface area contributed by atoms with Crippen molar-refractivity contribution in [2.45, 2.75) is 38.6 Å². The van der Waals surface area contributed by atoms with Gasteiger partial charge >= 0.3 is 0 Å². The Balaban J connectivity index is 1.58. The van der Waals surface area contributed by atoms with Gasteiger partial charge in [-0.1, -0.05) is 18.0 Å². The number of amides is 1. The molecule has 1 aromatic carbocycles. The number of carbonyl (C=O) groups excluding carboxylic acids is 1. The molecular weight excluding hydrogens is 322 g/mol. The Morgan fingerprint density at radius 1 is 1.33 bits per heavy atom. The Labute approximate surface area is 147 Å². The Bertz CT molecular complexity index is 677. The topological polar surface area (TPSA) is 64.9 Å². The van der Waals surface area contributed by atoms with Gasteiger partial charge in [-0.25, -0.2) is 0 Å². The summed E-state index contributed by atoms with van der Waals surface area (Å²) in [5.41, 5.74) is 0.701. The number of rotatable bonds is 5. The predicted octanol–water partition coefficient (Wildman–Crippen LogP) is 4.10. The normalized spacial score (nSPS) is 26.7. The Morgan fingerprint density at radius 3 is 2.67 bits per heavy atom. The smallest absolute Gasteiger partial charge is 0.267 e. The van der Waals surface area contributed by atoms with Gasteiger partial charge in [0.15, 0.2) is 0 Å². The van der Waals surface area contributed by atoms with Gasteiger partial charge in [0, 0.05) is 23.0 Å². The molecule has 0 spiro atoms. The average Bonchev–Trinajstić information content (AvgIpc) is 3.20. The second-order valence-corrected chi connectivity index (χ2v) is 7.36. The summed E-state index contributed by atoms with van der Waals surface area (Å²) in [6.45, 7) is 2.15. The van der Waals surface area contributed by atoms with E-state index in [0.29, 0.717) is 16.6 Å². The minimum absolute atomic E-state index is 0.0833. The van der Waals surface area contributed by atoms with Crippen molar-refractivity contribution in [3.05, 3.63) is 41.1 Å². The Hall–Kier alpha value is -1.99. The molecule has 3 rings (SSSR count). The highest BCUT2D eigenvalue weighted by Gasteiger charge is 2.41. The Kier molecular flexibility index (Phi) is 5.11. The number of halogens is 1. The van der Waals surface area contributed by atoms with Crippen LogP contribution in [0.5, 0.6) is 0 Å². The first-order valence-corrected chi connectivity index (χ1v) is 8.88. The van der Waals surface area contributed by atoms with Crippen molar-refractivity contribution in [2.24, 2.45) is 17.8 Å². The van der Waals surface area contributed by atoms with E-state index in [2.05, 4.69) is 17.6 Å². The van der Waals surface area contributed by atoms with Crippen LogP contribution in [0.4, 0.5) is 5.69 Å². The standard InChI is InChI=1S/C19H22ClN3O/c1-12(18-9-13-2-3-14(18)8-13)22-11-15(10-21)19(24)23-17-6-4-16(20)5-7-17/h4-7,11-14,18,22H,2-3,8-9H2,1H3,(H,23,24)/b15-11-. The van der Waals surface area contributed by atoms with Crippen LogP contribution >= 0.6 is 11.6 Å². The molecule has 0 aliphatic heterocycles. The fraction of sp³-hybridized carbons (Fsp3) is 0.474. The van der Waals surface area contributed by atoms with Crippen LogP contribution in [0.3, 0.4) is 0 Å². The molecule has 0 saturated heterocycles. The fourth-order valence-corrected chi connectivity index (χ4v) is 4.25. The van der Waals surface area contributed by atoms with Gasteiger partial charge in [-0.15, -0.1) is 0 Å². The van der Waals surface area contributed by atoms with Gasteiger partial charge in [0.1, 0.15) is 11.6 Å². The molecule has 5 heteroatoms. The van der Waals surface area contributed by atoms with Gasteiger partial charge in [0.25, 0.3) is 5.91 Å². The summed E-state index contributed by atoms with van der Waals surface area (Å²) in [7, 11) is 0. The van der Waals surface area contributed by atoms with Crippen molar-refractivity contribution < 1.29 is 4.79 Å². The molecule has 0 aromatic heterocycles. The highest BCUT2D eigenvalue weighted by molar-refractivity contribution is 6.30. The van der Waals surface area contributed by atoms with Gasteiger partial charge in [0.05, 0.1) is 0 Å². The van der Waals surface area contributed by atoms with Crippen LogP contribution in [0.1, 0.15) is 32.6 Å². The van der Waals surface area contributed by atoms with Crippen molar-refractivity contribution >= 4 is 23.2 Å². The van der Waals surface area contributed by atoms with Gasteiger partial charge < -0.3 is 10.6 Å². The molecule has 2 saturated carbocycles. The van der Waals surface area contributed by atoms with E-state index < -0.39 is 5.91 Å². The molecule has 24 heavy (non-hydrogen) atoms. The second-order valence-electron chi connectivity index (χ2n) is 6.92. The SMILES string of the molecule is CC(N/C=C(/C#N)C(=O)Nc1ccc(Cl)cc1)C1CC2CCC1C2. The quantitative estimate of drug-likeness (QED) is 0.625. The van der Waals surface area contributed by atoms with Gasteiger partial charge in [-0.3, -0.25) is 4.79 Å². The first-order valence-electron chi connectivity index (χ1n) is 8.50. The zero-order chi connectivity index (χ0) is 17.1. The molecule has 4 unspecified atom stereocenters. The fourth-order valence-electron chi connectivity index (χ4n) is 4.12. The molecule has 4 nitrogen and oxygen atoms in total. The summed E-state index contributed by atoms with van der Waals surface area (Å²) in [5.74, 6) is 1.93. The van der Waals surface area contributed by atoms with E-state index in [1.165, 1.54) is 25.7 Å². The van der Waals surface area contributed by atoms with E-state index in [4.69, 9.17) is 11.6 Å². The van der Waals surface area contributed by atoms with Crippen molar-refractivity contribution in [1.29, 1.82) is 5.26 Å². The highest BCUT2D eigenvalue weighted by Crippen LogP contribution is 2.49. The maximum absolute atomic E-state index is 12.2. The maximum atomic E-state index is 12.2. The van der Waals surface area contributed by atoms with E-state index in [-0.39, 0.29) is 11.6 Å². The lowest BCUT2D eigenvalue weighted by molar-refractivity contribution is -0.112. The maximum Gasteiger partial charge on any atom is 0.267 e. The minimum atomic E-state index is -0.410. The molecule has 126 valence electrons. The van der Waals surface area contributed by atoms with Crippen LogP contribution < -0.4 is 10.6 Å². The largest absolute Gasteiger partial charge is 0.387 e. The predicted molar refractivity (Wildman–Crippen MR) is 95.3 cm³/mol. The van der Waals surface area contributed by atoms with E-state index in [0.717, 1.165) is 11.8 Å². The van der Waals surface area contributed by atoms with Crippen molar-refractivity contribution in [1.82, 2.24) is 5.32 Å². The van der Waals surface area contributed by atoms with Crippen LogP contribution in [0.15, 0.2) is 36.0 Å². The van der Waals surface area contributed by atoms with E-state index in [9.17, 15) is 10.1 Å². The zero-order valence-electron chi connectivity index (χ0n) is 13.8. The molecule has 0 heterocycles. The third-order valence-electron chi connectivity index (χ3n) is 5.39. The van der Waals surface area contributed by atoms with Crippen LogP contribution in [-0.4, -0.2) is 11.9 Å². The number of hydrogen-bond acceptors (Lipinski definition) is 3. The number of nitrogens with zero attached hydrogens (tertiary/aromatic N) is 1. The molecule has 2 fully saturated rings. The molecule has 1 aromatic rings. The number of benzene rings is 1. The van der Waals surface area contributed by atoms with E-state index >= 15 is 0 Å². The summed E-state index contributed by atoms with van der Waals surface area (Å²) in [6, 6.07) is 9.07. The number of hydrogen-bond donors (Lipinski definition) is 2. The van der Waals surface area contributed by atoms with Crippen LogP contribution in [0.2, 0.25) is 5.02 Å². The molecular formula is C19H22ClN3O. The summed E-state index contributed by atoms with van der Waals surface area (Å²) >= 11 is 5.83. The first-order chi connectivity index (χ1) is 11.6. The number of fused-ring (bicyclic) bond motifs is 2. The monoisotopic (exact) mass is 343 g/mol. The summed E-state index contributed by atoms with van der Waals surface area (Å²) in [4.78, 5) is 12.2. The van der Waals surface area contributed by atoms with Gasteiger partial charge in [-0.05, 0) is 68.2 Å². The van der Waals surface area contributed by atoms with Crippen LogP contribution in [0.25, 0.3) is 0 Å². The van der Waals surface area contributed by atoms with Gasteiger partial charge in [0.2, 0.25) is 0 Å². The van der Waals surface area contributed by atoms with Gasteiger partial charge in [-0.2, -0.15) is 5.26 Å². The summed E-state index contributed by atoms with van der Waals surface area (Å²) in [5, 5.41) is 15.8. The van der Waals surface area contributed by atoms with Crippen molar-refractivity contribution in [2.75, 3.05) is 5.32 Å². The number of nitrogens with one attached hydrogen (secondary N) is 2. The molecule has 2 aliphatic rings. The molecule has 2 aliphatic carbocycles. The second kappa shape index (κ2) is 7.27. The molecule has 0 radical (unpaired) electrons. The lowest BCUT2D eigenvalue weighted by atomic mass is 9.84. The number of anilines is 1. The van der Waals surface area contributed by atoms with E-state index in [1.54, 1.807) is 30.5 Å². The lowest BCUT2D eigenvalue weighted by Crippen LogP contribution is -2.33. The molecule has 4 atom stereocenters. The first kappa shape index (κ1) is 16.9. The average molecular weight is 344 g/mol. The van der Waals surface area contributed by atoms with Crippen molar-refractivity contribution in [3.8, 4) is 6.07 Å². The van der Waals surface area contributed by atoms with E-state index in [1.807, 2.05) is 6.07 Å². The van der Waals surface area contributed by atoms with Crippen LogP contribution in [0, 0.1) is 29.1 Å². The third-order valence-corrected chi connectivity index (χ3v) is 5.64. The molecule has 2 bridgehead atoms. The highest BCUT2D eigenvalue weighted by atomic mass is 35.5. The van der Waals surface area contributed by atoms with Crippen LogP contribution in [-0.2, 0) is 4.79 Å². The summed E-state index contributed by atoms with van der Waals surface area (Å²) in [6.07, 6.45) is 6.87. The molecule has 1 amide bonds. The summed E-state index contributed by atoms with van der Waals surface area (Å²) < 4.78 is 0. The minimum Gasteiger partial charge on any atom is -0.387 e. The zero-order valence-corrected chi connectivity index (χ0v) is 14.5. The van der Waals surface area contributed by atoms with Crippen molar-refractivity contribution in [3.63, 3.8) is 0 Å². The molecule has 2 N–H and O–H groups in total. The Morgan fingerprint density at radius 2 is 2.08 bits per heavy atom.